The van der Waals surface area contributed by atoms with Gasteiger partial charge in [-0.25, -0.2) is 0 Å². The largest absolute Gasteiger partial charge is 0.298 e. The molecule has 0 aromatic rings. The molecule has 1 saturated heterocycles. The van der Waals surface area contributed by atoms with Crippen molar-refractivity contribution in [2.75, 3.05) is 6.54 Å². The first kappa shape index (κ1) is 8.55. The molecule has 3 unspecified atom stereocenters. The Morgan fingerprint density at radius 2 is 2.00 bits per heavy atom. The Hall–Kier alpha value is -0.0400. The lowest BCUT2D eigenvalue weighted by Crippen LogP contribution is -2.44. The quantitative estimate of drug-likeness (QED) is 0.611. The molecule has 3 atom stereocenters. The number of rotatable bonds is 2. The van der Waals surface area contributed by atoms with Gasteiger partial charge in [-0.15, -0.1) is 0 Å². The SMILES string of the molecule is CCC1CC2CC2CN1C(C)C. The monoisotopic (exact) mass is 167 g/mol. The van der Waals surface area contributed by atoms with Crippen LogP contribution in [0, 0.1) is 11.8 Å². The van der Waals surface area contributed by atoms with E-state index < -0.39 is 0 Å². The number of nitrogens with zero attached hydrogens (tertiary/aromatic N) is 1. The first-order chi connectivity index (χ1) is 5.72. The maximum absolute atomic E-state index is 2.72. The predicted octanol–water partition coefficient (Wildman–Crippen LogP) is 2.52. The molecular formula is C11H21N. The molecule has 2 rings (SSSR count). The van der Waals surface area contributed by atoms with E-state index in [2.05, 4.69) is 25.7 Å². The highest BCUT2D eigenvalue weighted by molar-refractivity contribution is 4.97. The van der Waals surface area contributed by atoms with Crippen LogP contribution in [0.4, 0.5) is 0 Å². The Balaban J connectivity index is 1.98. The average molecular weight is 167 g/mol. The Labute approximate surface area is 76.1 Å². The highest BCUT2D eigenvalue weighted by Gasteiger charge is 2.45. The molecule has 0 amide bonds. The Morgan fingerprint density at radius 3 is 2.58 bits per heavy atom. The molecule has 2 aliphatic rings. The molecule has 1 nitrogen and oxygen atoms in total. The van der Waals surface area contributed by atoms with Crippen LogP contribution in [0.3, 0.4) is 0 Å². The normalized spacial score (nSPS) is 41.5. The summed E-state index contributed by atoms with van der Waals surface area (Å²) in [5.74, 6) is 2.19. The first-order valence-corrected chi connectivity index (χ1v) is 5.48. The van der Waals surface area contributed by atoms with E-state index in [1.165, 1.54) is 25.8 Å². The minimum Gasteiger partial charge on any atom is -0.298 e. The van der Waals surface area contributed by atoms with Gasteiger partial charge in [-0.1, -0.05) is 6.92 Å². The number of hydrogen-bond acceptors (Lipinski definition) is 1. The van der Waals surface area contributed by atoms with Crippen molar-refractivity contribution in [3.05, 3.63) is 0 Å². The lowest BCUT2D eigenvalue weighted by Gasteiger charge is -2.37. The molecule has 2 fully saturated rings. The first-order valence-electron chi connectivity index (χ1n) is 5.48. The van der Waals surface area contributed by atoms with Crippen LogP contribution in [-0.2, 0) is 0 Å². The maximum Gasteiger partial charge on any atom is 0.00982 e. The smallest absolute Gasteiger partial charge is 0.00982 e. The second kappa shape index (κ2) is 3.02. The van der Waals surface area contributed by atoms with Crippen molar-refractivity contribution < 1.29 is 0 Å². The van der Waals surface area contributed by atoms with E-state index in [9.17, 15) is 0 Å². The van der Waals surface area contributed by atoms with E-state index in [0.717, 1.165) is 23.9 Å². The fourth-order valence-electron chi connectivity index (χ4n) is 2.76. The number of hydrogen-bond donors (Lipinski definition) is 0. The van der Waals surface area contributed by atoms with Gasteiger partial charge >= 0.3 is 0 Å². The summed E-state index contributed by atoms with van der Waals surface area (Å²) in [6, 6.07) is 1.66. The molecule has 0 aromatic heterocycles. The topological polar surface area (TPSA) is 3.24 Å². The van der Waals surface area contributed by atoms with Crippen molar-refractivity contribution in [1.29, 1.82) is 0 Å². The van der Waals surface area contributed by atoms with Gasteiger partial charge in [0, 0.05) is 18.6 Å². The third-order valence-corrected chi connectivity index (χ3v) is 3.69. The van der Waals surface area contributed by atoms with Crippen LogP contribution in [0.5, 0.6) is 0 Å². The Morgan fingerprint density at radius 1 is 1.25 bits per heavy atom. The molecule has 0 spiro atoms. The minimum atomic E-state index is 0.761. The van der Waals surface area contributed by atoms with Crippen molar-refractivity contribution in [2.24, 2.45) is 11.8 Å². The molecule has 0 N–H and O–H groups in total. The summed E-state index contributed by atoms with van der Waals surface area (Å²) >= 11 is 0. The Bertz CT molecular complexity index is 164. The third-order valence-electron chi connectivity index (χ3n) is 3.69. The second-order valence-corrected chi connectivity index (χ2v) is 4.84. The highest BCUT2D eigenvalue weighted by Crippen LogP contribution is 2.47. The van der Waals surface area contributed by atoms with Gasteiger partial charge in [0.05, 0.1) is 0 Å². The number of fused-ring (bicyclic) bond motifs is 1. The van der Waals surface area contributed by atoms with Crippen molar-refractivity contribution in [1.82, 2.24) is 4.90 Å². The summed E-state index contributed by atoms with van der Waals surface area (Å²) in [6.45, 7) is 8.40. The van der Waals surface area contributed by atoms with Gasteiger partial charge in [-0.2, -0.15) is 0 Å². The minimum absolute atomic E-state index is 0.761. The summed E-state index contributed by atoms with van der Waals surface area (Å²) in [5.41, 5.74) is 0. The van der Waals surface area contributed by atoms with Gasteiger partial charge in [-0.3, -0.25) is 4.90 Å². The fraction of sp³-hybridized carbons (Fsp3) is 1.00. The zero-order chi connectivity index (χ0) is 8.72. The number of likely N-dealkylation sites (tertiary alicyclic amines) is 1. The summed E-state index contributed by atoms with van der Waals surface area (Å²) in [7, 11) is 0. The number of piperidine rings is 1. The highest BCUT2D eigenvalue weighted by atomic mass is 15.2. The van der Waals surface area contributed by atoms with Crippen molar-refractivity contribution in [2.45, 2.75) is 52.1 Å². The van der Waals surface area contributed by atoms with Crippen LogP contribution in [-0.4, -0.2) is 23.5 Å². The van der Waals surface area contributed by atoms with Crippen LogP contribution in [0.1, 0.15) is 40.0 Å². The van der Waals surface area contributed by atoms with Crippen molar-refractivity contribution >= 4 is 0 Å². The Kier molecular flexibility index (Phi) is 2.16. The summed E-state index contributed by atoms with van der Waals surface area (Å²) < 4.78 is 0. The zero-order valence-corrected chi connectivity index (χ0v) is 8.59. The predicted molar refractivity (Wildman–Crippen MR) is 52.1 cm³/mol. The van der Waals surface area contributed by atoms with Crippen LogP contribution in [0.15, 0.2) is 0 Å². The van der Waals surface area contributed by atoms with Crippen molar-refractivity contribution in [3.63, 3.8) is 0 Å². The van der Waals surface area contributed by atoms with Gasteiger partial charge in [0.1, 0.15) is 0 Å². The maximum atomic E-state index is 2.72. The van der Waals surface area contributed by atoms with Crippen LogP contribution >= 0.6 is 0 Å². The van der Waals surface area contributed by atoms with E-state index in [1.54, 1.807) is 0 Å². The van der Waals surface area contributed by atoms with Crippen LogP contribution in [0.2, 0.25) is 0 Å². The van der Waals surface area contributed by atoms with E-state index >= 15 is 0 Å². The molecule has 1 aliphatic heterocycles. The fourth-order valence-corrected chi connectivity index (χ4v) is 2.76. The summed E-state index contributed by atoms with van der Waals surface area (Å²) in [4.78, 5) is 2.72. The van der Waals surface area contributed by atoms with E-state index in [0.29, 0.717) is 0 Å². The van der Waals surface area contributed by atoms with Crippen LogP contribution in [0.25, 0.3) is 0 Å². The van der Waals surface area contributed by atoms with Gasteiger partial charge < -0.3 is 0 Å². The molecule has 0 aromatic carbocycles. The lowest BCUT2D eigenvalue weighted by molar-refractivity contribution is 0.102. The molecule has 12 heavy (non-hydrogen) atoms. The average Bonchev–Trinajstić information content (AvgIpc) is 2.79. The molecule has 1 aliphatic carbocycles. The molecular weight excluding hydrogens is 146 g/mol. The van der Waals surface area contributed by atoms with Crippen molar-refractivity contribution in [3.8, 4) is 0 Å². The van der Waals surface area contributed by atoms with Gasteiger partial charge in [0.15, 0.2) is 0 Å². The van der Waals surface area contributed by atoms with Gasteiger partial charge in [-0.05, 0) is 44.9 Å². The second-order valence-electron chi connectivity index (χ2n) is 4.84. The van der Waals surface area contributed by atoms with Crippen LogP contribution < -0.4 is 0 Å². The van der Waals surface area contributed by atoms with Gasteiger partial charge in [0.25, 0.3) is 0 Å². The van der Waals surface area contributed by atoms with E-state index in [4.69, 9.17) is 0 Å². The lowest BCUT2D eigenvalue weighted by atomic mass is 9.98. The third kappa shape index (κ3) is 1.39. The molecule has 1 saturated carbocycles. The zero-order valence-electron chi connectivity index (χ0n) is 8.59. The summed E-state index contributed by atoms with van der Waals surface area (Å²) in [5, 5.41) is 0. The molecule has 0 radical (unpaired) electrons. The standard InChI is InChI=1S/C11H21N/c1-4-11-6-9-5-10(9)7-12(11)8(2)3/h8-11H,4-7H2,1-3H3. The molecule has 70 valence electrons. The van der Waals surface area contributed by atoms with E-state index in [1.807, 2.05) is 0 Å². The van der Waals surface area contributed by atoms with E-state index in [-0.39, 0.29) is 0 Å². The van der Waals surface area contributed by atoms with Gasteiger partial charge in [0.2, 0.25) is 0 Å². The summed E-state index contributed by atoms with van der Waals surface area (Å²) in [6.07, 6.45) is 4.36. The molecule has 1 heteroatoms. The molecule has 1 heterocycles. The molecule has 0 bridgehead atoms.